The van der Waals surface area contributed by atoms with Gasteiger partial charge in [-0.15, -0.1) is 11.6 Å². The Balaban J connectivity index is 3.24. The minimum absolute atomic E-state index is 0.315. The average Bonchev–Trinajstić information content (AvgIpc) is 2.10. The Morgan fingerprint density at radius 1 is 1.25 bits per heavy atom. The van der Waals surface area contributed by atoms with E-state index in [2.05, 4.69) is 20.8 Å². The Labute approximate surface area is 81.4 Å². The van der Waals surface area contributed by atoms with Gasteiger partial charge in [-0.3, -0.25) is 0 Å². The predicted molar refractivity (Wildman–Crippen MR) is 54.8 cm³/mol. The molecule has 0 aromatic heterocycles. The van der Waals surface area contributed by atoms with Gasteiger partial charge >= 0.3 is 0 Å². The topological polar surface area (TPSA) is 9.23 Å². The Morgan fingerprint density at radius 3 is 2.42 bits per heavy atom. The number of rotatable bonds is 7. The number of hydrogen-bond acceptors (Lipinski definition) is 1. The zero-order valence-corrected chi connectivity index (χ0v) is 9.23. The third kappa shape index (κ3) is 5.84. The first kappa shape index (κ1) is 12.2. The van der Waals surface area contributed by atoms with Gasteiger partial charge in [-0.2, -0.15) is 0 Å². The van der Waals surface area contributed by atoms with Gasteiger partial charge in [-0.1, -0.05) is 20.8 Å². The lowest BCUT2D eigenvalue weighted by Gasteiger charge is -2.15. The minimum atomic E-state index is 0.315. The molecule has 2 heteroatoms. The molecule has 0 spiro atoms. The molecule has 0 aromatic rings. The molecular weight excluding hydrogens is 172 g/mol. The summed E-state index contributed by atoms with van der Waals surface area (Å²) in [5.74, 6) is 0.577. The highest BCUT2D eigenvalue weighted by Crippen LogP contribution is 2.17. The Hall–Kier alpha value is 0.250. The van der Waals surface area contributed by atoms with E-state index in [0.29, 0.717) is 11.3 Å². The van der Waals surface area contributed by atoms with E-state index in [-0.39, 0.29) is 0 Å². The smallest absolute Gasteiger partial charge is 0.0469 e. The van der Waals surface area contributed by atoms with E-state index in [1.807, 2.05) is 0 Å². The highest BCUT2D eigenvalue weighted by molar-refractivity contribution is 6.20. The molecule has 2 atom stereocenters. The van der Waals surface area contributed by atoms with Crippen molar-refractivity contribution in [3.8, 4) is 0 Å². The summed E-state index contributed by atoms with van der Waals surface area (Å²) >= 11 is 6.07. The largest absolute Gasteiger partial charge is 0.381 e. The van der Waals surface area contributed by atoms with Crippen LogP contribution in [0.2, 0.25) is 0 Å². The molecule has 74 valence electrons. The monoisotopic (exact) mass is 192 g/mol. The molecule has 0 amide bonds. The number of halogens is 1. The van der Waals surface area contributed by atoms with Gasteiger partial charge in [0.25, 0.3) is 0 Å². The summed E-state index contributed by atoms with van der Waals surface area (Å²) < 4.78 is 5.39. The van der Waals surface area contributed by atoms with Crippen molar-refractivity contribution in [2.24, 2.45) is 5.92 Å². The molecule has 0 saturated heterocycles. The van der Waals surface area contributed by atoms with Crippen molar-refractivity contribution < 1.29 is 4.74 Å². The molecule has 1 nitrogen and oxygen atoms in total. The van der Waals surface area contributed by atoms with E-state index >= 15 is 0 Å². The van der Waals surface area contributed by atoms with Crippen LogP contribution in [0.25, 0.3) is 0 Å². The highest BCUT2D eigenvalue weighted by atomic mass is 35.5. The van der Waals surface area contributed by atoms with Gasteiger partial charge in [0.05, 0.1) is 0 Å². The van der Waals surface area contributed by atoms with Crippen LogP contribution in [-0.2, 0) is 4.74 Å². The maximum Gasteiger partial charge on any atom is 0.0469 e. The van der Waals surface area contributed by atoms with Crippen LogP contribution in [0.5, 0.6) is 0 Å². The molecular formula is C10H21ClO. The maximum atomic E-state index is 6.07. The fourth-order valence-electron chi connectivity index (χ4n) is 1.10. The number of ether oxygens (including phenoxy) is 1. The molecule has 0 heterocycles. The quantitative estimate of drug-likeness (QED) is 0.444. The van der Waals surface area contributed by atoms with Gasteiger partial charge in [-0.05, 0) is 25.2 Å². The van der Waals surface area contributed by atoms with E-state index in [4.69, 9.17) is 16.3 Å². The van der Waals surface area contributed by atoms with Gasteiger partial charge in [0.1, 0.15) is 0 Å². The SMILES string of the molecule is CCCOCCC(C)C(Cl)CC. The van der Waals surface area contributed by atoms with Crippen LogP contribution in [0, 0.1) is 5.92 Å². The van der Waals surface area contributed by atoms with Crippen molar-refractivity contribution in [1.29, 1.82) is 0 Å². The number of hydrogen-bond donors (Lipinski definition) is 0. The first-order valence-electron chi connectivity index (χ1n) is 4.94. The zero-order chi connectivity index (χ0) is 9.40. The summed E-state index contributed by atoms with van der Waals surface area (Å²) in [4.78, 5) is 0. The summed E-state index contributed by atoms with van der Waals surface area (Å²) in [6.07, 6.45) is 3.24. The van der Waals surface area contributed by atoms with Crippen LogP contribution in [0.3, 0.4) is 0 Å². The van der Waals surface area contributed by atoms with Crippen LogP contribution < -0.4 is 0 Å². The predicted octanol–water partition coefficient (Wildman–Crippen LogP) is 3.46. The Morgan fingerprint density at radius 2 is 1.92 bits per heavy atom. The molecule has 0 rings (SSSR count). The lowest BCUT2D eigenvalue weighted by molar-refractivity contribution is 0.121. The summed E-state index contributed by atoms with van der Waals surface area (Å²) in [6.45, 7) is 8.18. The van der Waals surface area contributed by atoms with Crippen molar-refractivity contribution >= 4 is 11.6 Å². The lowest BCUT2D eigenvalue weighted by Crippen LogP contribution is -2.13. The second kappa shape index (κ2) is 7.88. The summed E-state index contributed by atoms with van der Waals surface area (Å²) in [5.41, 5.74) is 0. The Bertz CT molecular complexity index is 95.8. The van der Waals surface area contributed by atoms with Gasteiger partial charge < -0.3 is 4.74 Å². The third-order valence-corrected chi connectivity index (χ3v) is 2.81. The standard InChI is InChI=1S/C10H21ClO/c1-4-7-12-8-6-9(3)10(11)5-2/h9-10H,4-8H2,1-3H3. The second-order valence-electron chi connectivity index (χ2n) is 3.30. The fraction of sp³-hybridized carbons (Fsp3) is 1.00. The van der Waals surface area contributed by atoms with Crippen molar-refractivity contribution in [2.75, 3.05) is 13.2 Å². The molecule has 0 saturated carbocycles. The van der Waals surface area contributed by atoms with Gasteiger partial charge in [-0.25, -0.2) is 0 Å². The molecule has 0 aliphatic carbocycles. The Kier molecular flexibility index (Phi) is 8.04. The number of alkyl halides is 1. The van der Waals surface area contributed by atoms with Crippen molar-refractivity contribution in [2.45, 2.75) is 45.4 Å². The first-order valence-corrected chi connectivity index (χ1v) is 5.37. The highest BCUT2D eigenvalue weighted by Gasteiger charge is 2.11. The lowest BCUT2D eigenvalue weighted by atomic mass is 10.0. The molecule has 0 aliphatic rings. The zero-order valence-electron chi connectivity index (χ0n) is 8.48. The maximum absolute atomic E-state index is 6.07. The molecule has 0 N–H and O–H groups in total. The third-order valence-electron chi connectivity index (χ3n) is 2.07. The summed E-state index contributed by atoms with van der Waals surface area (Å²) in [6, 6.07) is 0. The summed E-state index contributed by atoms with van der Waals surface area (Å²) in [5, 5.41) is 0.315. The van der Waals surface area contributed by atoms with Crippen LogP contribution in [0.15, 0.2) is 0 Å². The van der Waals surface area contributed by atoms with Gasteiger partial charge in [0.2, 0.25) is 0 Å². The molecule has 2 unspecified atom stereocenters. The van der Waals surface area contributed by atoms with Crippen LogP contribution >= 0.6 is 11.6 Å². The van der Waals surface area contributed by atoms with Crippen LogP contribution in [0.1, 0.15) is 40.0 Å². The van der Waals surface area contributed by atoms with Crippen molar-refractivity contribution in [1.82, 2.24) is 0 Å². The van der Waals surface area contributed by atoms with Crippen molar-refractivity contribution in [3.63, 3.8) is 0 Å². The minimum Gasteiger partial charge on any atom is -0.381 e. The second-order valence-corrected chi connectivity index (χ2v) is 3.86. The van der Waals surface area contributed by atoms with Gasteiger partial charge in [0.15, 0.2) is 0 Å². The van der Waals surface area contributed by atoms with E-state index < -0.39 is 0 Å². The summed E-state index contributed by atoms with van der Waals surface area (Å²) in [7, 11) is 0. The molecule has 0 radical (unpaired) electrons. The first-order chi connectivity index (χ1) is 5.72. The molecule has 0 aromatic carbocycles. The molecule has 12 heavy (non-hydrogen) atoms. The van der Waals surface area contributed by atoms with E-state index in [1.54, 1.807) is 0 Å². The van der Waals surface area contributed by atoms with Crippen LogP contribution in [0.4, 0.5) is 0 Å². The van der Waals surface area contributed by atoms with E-state index in [9.17, 15) is 0 Å². The van der Waals surface area contributed by atoms with E-state index in [0.717, 1.165) is 32.5 Å². The van der Waals surface area contributed by atoms with Gasteiger partial charge in [0, 0.05) is 18.6 Å². The van der Waals surface area contributed by atoms with E-state index in [1.165, 1.54) is 0 Å². The normalized spacial score (nSPS) is 16.0. The average molecular weight is 193 g/mol. The fourth-order valence-corrected chi connectivity index (χ4v) is 1.22. The molecule has 0 fully saturated rings. The molecule has 0 bridgehead atoms. The molecule has 0 aliphatic heterocycles. The van der Waals surface area contributed by atoms with Crippen LogP contribution in [-0.4, -0.2) is 18.6 Å². The van der Waals surface area contributed by atoms with Crippen molar-refractivity contribution in [3.05, 3.63) is 0 Å².